The predicted molar refractivity (Wildman–Crippen MR) is 103 cm³/mol. The van der Waals surface area contributed by atoms with E-state index >= 15 is 0 Å². The molecule has 1 amide bonds. The van der Waals surface area contributed by atoms with Crippen molar-refractivity contribution < 1.29 is 9.53 Å². The van der Waals surface area contributed by atoms with Gasteiger partial charge in [0.2, 0.25) is 11.1 Å². The summed E-state index contributed by atoms with van der Waals surface area (Å²) in [5, 5.41) is 10.9. The number of amides is 1. The van der Waals surface area contributed by atoms with Crippen molar-refractivity contribution in [3.8, 4) is 5.75 Å². The largest absolute Gasteiger partial charge is 0.486 e. The van der Waals surface area contributed by atoms with E-state index in [0.717, 1.165) is 11.3 Å². The third-order valence-corrected chi connectivity index (χ3v) is 4.55. The minimum absolute atomic E-state index is 0.104. The van der Waals surface area contributed by atoms with E-state index in [4.69, 9.17) is 16.3 Å². The topological polar surface area (TPSA) is 79.9 Å². The maximum Gasteiger partial charge on any atom is 0.234 e. The van der Waals surface area contributed by atoms with Gasteiger partial charge in [-0.1, -0.05) is 41.6 Å². The molecule has 6 nitrogen and oxygen atoms in total. The van der Waals surface area contributed by atoms with Crippen molar-refractivity contribution in [1.82, 2.24) is 15.2 Å². The van der Waals surface area contributed by atoms with Crippen LogP contribution in [0.1, 0.15) is 11.4 Å². The van der Waals surface area contributed by atoms with Crippen molar-refractivity contribution in [2.24, 2.45) is 0 Å². The van der Waals surface area contributed by atoms with Gasteiger partial charge in [-0.2, -0.15) is 0 Å². The van der Waals surface area contributed by atoms with Crippen molar-refractivity contribution in [2.45, 2.75) is 18.7 Å². The molecule has 0 aliphatic heterocycles. The second kappa shape index (κ2) is 8.73. The van der Waals surface area contributed by atoms with Gasteiger partial charge in [0.25, 0.3) is 0 Å². The molecule has 0 unspecified atom stereocenters. The molecule has 0 aliphatic carbocycles. The molecule has 3 aromatic rings. The Morgan fingerprint density at radius 2 is 2.00 bits per heavy atom. The molecular weight excluding hydrogens is 372 g/mol. The van der Waals surface area contributed by atoms with Gasteiger partial charge in [-0.05, 0) is 42.8 Å². The van der Waals surface area contributed by atoms with E-state index in [2.05, 4.69) is 20.5 Å². The number of hydrogen-bond acceptors (Lipinski definition) is 5. The Bertz CT molecular complexity index is 883. The molecule has 0 atom stereocenters. The molecule has 8 heteroatoms. The van der Waals surface area contributed by atoms with Crippen LogP contribution in [0.2, 0.25) is 5.02 Å². The maximum absolute atomic E-state index is 12.0. The lowest BCUT2D eigenvalue weighted by atomic mass is 10.2. The van der Waals surface area contributed by atoms with Crippen LogP contribution < -0.4 is 10.1 Å². The Morgan fingerprint density at radius 3 is 2.77 bits per heavy atom. The molecule has 0 radical (unpaired) electrons. The fourth-order valence-electron chi connectivity index (χ4n) is 2.12. The normalized spacial score (nSPS) is 10.5. The molecule has 26 heavy (non-hydrogen) atoms. The summed E-state index contributed by atoms with van der Waals surface area (Å²) in [4.78, 5) is 16.4. The molecule has 3 rings (SSSR count). The number of para-hydroxylation sites is 1. The number of aromatic amines is 1. The Hall–Kier alpha value is -2.51. The van der Waals surface area contributed by atoms with Crippen LogP contribution in [-0.4, -0.2) is 26.8 Å². The molecule has 2 aromatic carbocycles. The smallest absolute Gasteiger partial charge is 0.234 e. The Labute approximate surface area is 160 Å². The summed E-state index contributed by atoms with van der Waals surface area (Å²) in [6, 6.07) is 14.7. The van der Waals surface area contributed by atoms with E-state index < -0.39 is 0 Å². The van der Waals surface area contributed by atoms with Crippen LogP contribution in [0.15, 0.2) is 53.7 Å². The second-order valence-electron chi connectivity index (χ2n) is 5.46. The fraction of sp³-hybridized carbons (Fsp3) is 0.167. The first-order chi connectivity index (χ1) is 12.6. The number of rotatable bonds is 7. The van der Waals surface area contributed by atoms with E-state index in [-0.39, 0.29) is 18.3 Å². The molecule has 0 saturated carbocycles. The number of halogens is 1. The highest BCUT2D eigenvalue weighted by atomic mass is 35.5. The zero-order valence-electron chi connectivity index (χ0n) is 14.0. The van der Waals surface area contributed by atoms with Gasteiger partial charge in [0.1, 0.15) is 12.4 Å². The molecule has 1 aromatic heterocycles. The summed E-state index contributed by atoms with van der Waals surface area (Å²) < 4.78 is 5.60. The lowest BCUT2D eigenvalue weighted by molar-refractivity contribution is -0.113. The third-order valence-electron chi connectivity index (χ3n) is 3.45. The lowest BCUT2D eigenvalue weighted by Crippen LogP contribution is -2.14. The molecule has 1 heterocycles. The number of nitrogens with one attached hydrogen (secondary N) is 2. The summed E-state index contributed by atoms with van der Waals surface area (Å²) >= 11 is 7.09. The first kappa shape index (κ1) is 18.3. The van der Waals surface area contributed by atoms with Crippen molar-refractivity contribution in [2.75, 3.05) is 11.1 Å². The van der Waals surface area contributed by atoms with Gasteiger partial charge < -0.3 is 10.1 Å². The van der Waals surface area contributed by atoms with E-state index in [0.29, 0.717) is 21.8 Å². The van der Waals surface area contributed by atoms with Crippen LogP contribution in [0.3, 0.4) is 0 Å². The number of aryl methyl sites for hydroxylation is 1. The quantitative estimate of drug-likeness (QED) is 0.596. The van der Waals surface area contributed by atoms with E-state index in [9.17, 15) is 4.79 Å². The summed E-state index contributed by atoms with van der Waals surface area (Å²) in [5.41, 5.74) is 1.83. The van der Waals surface area contributed by atoms with Crippen LogP contribution >= 0.6 is 23.4 Å². The average Bonchev–Trinajstić information content (AvgIpc) is 3.09. The first-order valence-electron chi connectivity index (χ1n) is 7.88. The number of nitrogens with zero attached hydrogens (tertiary/aromatic N) is 2. The van der Waals surface area contributed by atoms with Crippen LogP contribution in [0.5, 0.6) is 5.75 Å². The minimum Gasteiger partial charge on any atom is -0.486 e. The third kappa shape index (κ3) is 5.24. The second-order valence-corrected chi connectivity index (χ2v) is 6.84. The zero-order chi connectivity index (χ0) is 18.4. The molecular formula is C18H17ClN4O2S. The number of hydrogen-bond donors (Lipinski definition) is 2. The number of thioether (sulfide) groups is 1. The Morgan fingerprint density at radius 1 is 1.23 bits per heavy atom. The number of carbonyl (C=O) groups excluding carboxylic acids is 1. The maximum atomic E-state index is 12.0. The first-order valence-corrected chi connectivity index (χ1v) is 9.24. The van der Waals surface area contributed by atoms with E-state index in [1.807, 2.05) is 31.2 Å². The molecule has 0 spiro atoms. The van der Waals surface area contributed by atoms with Gasteiger partial charge in [0.15, 0.2) is 5.82 Å². The lowest BCUT2D eigenvalue weighted by Gasteiger charge is -2.06. The fourth-order valence-corrected chi connectivity index (χ4v) is 2.86. The SMILES string of the molecule is Cc1ccccc1NC(=O)CSc1n[nH]c(COc2ccc(Cl)cc2)n1. The van der Waals surface area contributed by atoms with Crippen LogP contribution in [0, 0.1) is 6.92 Å². The van der Waals surface area contributed by atoms with Gasteiger partial charge in [-0.3, -0.25) is 9.89 Å². The molecule has 0 fully saturated rings. The highest BCUT2D eigenvalue weighted by molar-refractivity contribution is 7.99. The highest BCUT2D eigenvalue weighted by Gasteiger charge is 2.09. The molecule has 134 valence electrons. The Kier molecular flexibility index (Phi) is 6.14. The highest BCUT2D eigenvalue weighted by Crippen LogP contribution is 2.18. The minimum atomic E-state index is -0.104. The summed E-state index contributed by atoms with van der Waals surface area (Å²) in [6.07, 6.45) is 0. The van der Waals surface area contributed by atoms with Gasteiger partial charge >= 0.3 is 0 Å². The van der Waals surface area contributed by atoms with Crippen molar-refractivity contribution in [3.05, 3.63) is 64.9 Å². The zero-order valence-corrected chi connectivity index (χ0v) is 15.6. The Balaban J connectivity index is 1.46. The van der Waals surface area contributed by atoms with Crippen LogP contribution in [0.25, 0.3) is 0 Å². The van der Waals surface area contributed by atoms with Crippen molar-refractivity contribution >= 4 is 35.0 Å². The number of carbonyl (C=O) groups is 1. The van der Waals surface area contributed by atoms with E-state index in [1.54, 1.807) is 24.3 Å². The van der Waals surface area contributed by atoms with Gasteiger partial charge in [0.05, 0.1) is 5.75 Å². The van der Waals surface area contributed by atoms with Gasteiger partial charge in [0, 0.05) is 10.7 Å². The van der Waals surface area contributed by atoms with E-state index in [1.165, 1.54) is 11.8 Å². The van der Waals surface area contributed by atoms with Crippen LogP contribution in [-0.2, 0) is 11.4 Å². The number of H-pyrrole nitrogens is 1. The molecule has 0 aliphatic rings. The number of ether oxygens (including phenoxy) is 1. The monoisotopic (exact) mass is 388 g/mol. The summed E-state index contributed by atoms with van der Waals surface area (Å²) in [6.45, 7) is 2.20. The van der Waals surface area contributed by atoms with Gasteiger partial charge in [-0.25, -0.2) is 4.98 Å². The summed E-state index contributed by atoms with van der Waals surface area (Å²) in [5.74, 6) is 1.40. The molecule has 2 N–H and O–H groups in total. The molecule has 0 saturated heterocycles. The van der Waals surface area contributed by atoms with Crippen molar-refractivity contribution in [1.29, 1.82) is 0 Å². The number of benzene rings is 2. The van der Waals surface area contributed by atoms with Gasteiger partial charge in [-0.15, -0.1) is 5.10 Å². The van der Waals surface area contributed by atoms with Crippen LogP contribution in [0.4, 0.5) is 5.69 Å². The van der Waals surface area contributed by atoms with Crippen molar-refractivity contribution in [3.63, 3.8) is 0 Å². The number of anilines is 1. The molecule has 0 bridgehead atoms. The number of aromatic nitrogens is 3. The standard InChI is InChI=1S/C18H17ClN4O2S/c1-12-4-2-3-5-15(12)20-17(24)11-26-18-21-16(22-23-18)10-25-14-8-6-13(19)7-9-14/h2-9H,10-11H2,1H3,(H,20,24)(H,21,22,23). The summed E-state index contributed by atoms with van der Waals surface area (Å²) in [7, 11) is 0. The average molecular weight is 389 g/mol. The predicted octanol–water partition coefficient (Wildman–Crippen LogP) is 4.08.